The van der Waals surface area contributed by atoms with Crippen LogP contribution in [0.4, 0.5) is 0 Å². The molecule has 3 rings (SSSR count). The zero-order valence-corrected chi connectivity index (χ0v) is 14.0. The predicted molar refractivity (Wildman–Crippen MR) is 88.8 cm³/mol. The third kappa shape index (κ3) is 3.15. The number of aliphatic hydroxyl groups is 1. The molecule has 0 aliphatic carbocycles. The number of nitrogens with zero attached hydrogens (tertiary/aromatic N) is 3. The van der Waals surface area contributed by atoms with Crippen molar-refractivity contribution >= 4 is 23.2 Å². The van der Waals surface area contributed by atoms with E-state index in [1.54, 1.807) is 4.68 Å². The summed E-state index contributed by atoms with van der Waals surface area (Å²) in [6.45, 7) is 4.48. The van der Waals surface area contributed by atoms with Crippen LogP contribution in [-0.2, 0) is 6.54 Å². The van der Waals surface area contributed by atoms with Gasteiger partial charge in [-0.25, -0.2) is 4.68 Å². The van der Waals surface area contributed by atoms with Gasteiger partial charge in [-0.15, -0.1) is 0 Å². The van der Waals surface area contributed by atoms with Gasteiger partial charge in [-0.3, -0.25) is 4.90 Å². The van der Waals surface area contributed by atoms with Crippen LogP contribution in [0.1, 0.15) is 24.1 Å². The molecule has 1 fully saturated rings. The van der Waals surface area contributed by atoms with Crippen LogP contribution in [-0.4, -0.2) is 39.0 Å². The highest BCUT2D eigenvalue weighted by atomic mass is 35.5. The lowest BCUT2D eigenvalue weighted by atomic mass is 10.1. The number of rotatable bonds is 3. The fourth-order valence-electron chi connectivity index (χ4n) is 2.80. The van der Waals surface area contributed by atoms with Crippen LogP contribution in [0, 0.1) is 6.92 Å². The van der Waals surface area contributed by atoms with E-state index in [0.29, 0.717) is 10.2 Å². The van der Waals surface area contributed by atoms with Gasteiger partial charge in [-0.2, -0.15) is 5.10 Å². The molecule has 0 radical (unpaired) electrons. The number of para-hydroxylation sites is 1. The Bertz CT molecular complexity index is 663. The number of likely N-dealkylation sites (tertiary alicyclic amines) is 1. The maximum Gasteiger partial charge on any atom is 0.137 e. The molecule has 1 aliphatic rings. The molecule has 118 valence electrons. The first kappa shape index (κ1) is 15.8. The van der Waals surface area contributed by atoms with E-state index < -0.39 is 0 Å². The molecule has 0 spiro atoms. The summed E-state index contributed by atoms with van der Waals surface area (Å²) in [4.78, 5) is 2.31. The van der Waals surface area contributed by atoms with E-state index in [1.807, 2.05) is 31.2 Å². The Morgan fingerprint density at radius 3 is 2.59 bits per heavy atom. The molecule has 2 heterocycles. The molecule has 6 heteroatoms. The van der Waals surface area contributed by atoms with Crippen LogP contribution >= 0.6 is 23.2 Å². The molecule has 1 N–H and O–H groups in total. The van der Waals surface area contributed by atoms with Gasteiger partial charge in [0, 0.05) is 25.2 Å². The van der Waals surface area contributed by atoms with Gasteiger partial charge in [0.15, 0.2) is 0 Å². The van der Waals surface area contributed by atoms with Crippen LogP contribution in [0.2, 0.25) is 10.2 Å². The van der Waals surface area contributed by atoms with Gasteiger partial charge in [0.2, 0.25) is 0 Å². The third-order valence-corrected chi connectivity index (χ3v) is 4.85. The van der Waals surface area contributed by atoms with Crippen molar-refractivity contribution in [2.24, 2.45) is 0 Å². The number of hydrogen-bond acceptors (Lipinski definition) is 3. The van der Waals surface area contributed by atoms with Crippen molar-refractivity contribution in [2.75, 3.05) is 13.1 Å². The lowest BCUT2D eigenvalue weighted by molar-refractivity contribution is 0.0792. The number of piperidine rings is 1. The maximum absolute atomic E-state index is 9.60. The van der Waals surface area contributed by atoms with Crippen molar-refractivity contribution < 1.29 is 5.11 Å². The second-order valence-corrected chi connectivity index (χ2v) is 6.49. The van der Waals surface area contributed by atoms with E-state index >= 15 is 0 Å². The molecule has 2 aromatic rings. The summed E-state index contributed by atoms with van der Waals surface area (Å²) in [7, 11) is 0. The topological polar surface area (TPSA) is 41.3 Å². The SMILES string of the molecule is Cc1nn(-c2ccccc2Cl)c(Cl)c1CN1CCC(O)CC1. The summed E-state index contributed by atoms with van der Waals surface area (Å²) in [6.07, 6.45) is 1.46. The van der Waals surface area contributed by atoms with Gasteiger partial charge in [-0.1, -0.05) is 35.3 Å². The highest BCUT2D eigenvalue weighted by molar-refractivity contribution is 6.33. The minimum absolute atomic E-state index is 0.168. The van der Waals surface area contributed by atoms with Crippen molar-refractivity contribution in [1.82, 2.24) is 14.7 Å². The monoisotopic (exact) mass is 339 g/mol. The zero-order chi connectivity index (χ0) is 15.7. The Kier molecular flexibility index (Phi) is 4.73. The quantitative estimate of drug-likeness (QED) is 0.931. The highest BCUT2D eigenvalue weighted by Gasteiger charge is 2.22. The third-order valence-electron chi connectivity index (χ3n) is 4.14. The molecular weight excluding hydrogens is 321 g/mol. The van der Waals surface area contributed by atoms with Crippen molar-refractivity contribution in [3.05, 3.63) is 45.7 Å². The molecule has 1 saturated heterocycles. The Morgan fingerprint density at radius 2 is 1.91 bits per heavy atom. The van der Waals surface area contributed by atoms with Crippen molar-refractivity contribution in [2.45, 2.75) is 32.4 Å². The van der Waals surface area contributed by atoms with E-state index in [-0.39, 0.29) is 6.10 Å². The molecule has 1 aromatic carbocycles. The Balaban J connectivity index is 1.86. The van der Waals surface area contributed by atoms with E-state index in [4.69, 9.17) is 23.2 Å². The second kappa shape index (κ2) is 6.59. The Morgan fingerprint density at radius 1 is 1.23 bits per heavy atom. The van der Waals surface area contributed by atoms with Gasteiger partial charge in [0.05, 0.1) is 22.5 Å². The van der Waals surface area contributed by atoms with Gasteiger partial charge in [0.25, 0.3) is 0 Å². The lowest BCUT2D eigenvalue weighted by Crippen LogP contribution is -2.35. The number of aryl methyl sites for hydroxylation is 1. The number of halogens is 2. The largest absolute Gasteiger partial charge is 0.393 e. The number of benzene rings is 1. The van der Waals surface area contributed by atoms with E-state index in [1.165, 1.54) is 0 Å². The lowest BCUT2D eigenvalue weighted by Gasteiger charge is -2.29. The molecule has 0 unspecified atom stereocenters. The summed E-state index contributed by atoms with van der Waals surface area (Å²) in [6, 6.07) is 7.54. The summed E-state index contributed by atoms with van der Waals surface area (Å²) in [5.41, 5.74) is 2.73. The Labute approximate surface area is 140 Å². The fourth-order valence-corrected chi connectivity index (χ4v) is 3.34. The van der Waals surface area contributed by atoms with Gasteiger partial charge >= 0.3 is 0 Å². The van der Waals surface area contributed by atoms with Crippen LogP contribution < -0.4 is 0 Å². The first-order chi connectivity index (χ1) is 10.6. The average molecular weight is 340 g/mol. The fraction of sp³-hybridized carbons (Fsp3) is 0.438. The predicted octanol–water partition coefficient (Wildman–Crippen LogP) is 3.44. The summed E-state index contributed by atoms with van der Waals surface area (Å²) in [5.74, 6) is 0. The number of aliphatic hydroxyl groups excluding tert-OH is 1. The minimum Gasteiger partial charge on any atom is -0.393 e. The second-order valence-electron chi connectivity index (χ2n) is 5.73. The average Bonchev–Trinajstić information content (AvgIpc) is 2.78. The normalized spacial score (nSPS) is 17.1. The molecule has 0 amide bonds. The summed E-state index contributed by atoms with van der Waals surface area (Å²) >= 11 is 12.8. The highest BCUT2D eigenvalue weighted by Crippen LogP contribution is 2.29. The Hall–Kier alpha value is -1.07. The molecule has 0 saturated carbocycles. The molecule has 4 nitrogen and oxygen atoms in total. The van der Waals surface area contributed by atoms with Crippen molar-refractivity contribution in [3.8, 4) is 5.69 Å². The molecule has 1 aliphatic heterocycles. The van der Waals surface area contributed by atoms with E-state index in [9.17, 15) is 5.11 Å². The first-order valence-corrected chi connectivity index (χ1v) is 8.21. The maximum atomic E-state index is 9.60. The van der Waals surface area contributed by atoms with E-state index in [2.05, 4.69) is 10.00 Å². The molecule has 0 bridgehead atoms. The van der Waals surface area contributed by atoms with Crippen LogP contribution in [0.15, 0.2) is 24.3 Å². The first-order valence-electron chi connectivity index (χ1n) is 7.45. The van der Waals surface area contributed by atoms with Gasteiger partial charge in [0.1, 0.15) is 5.15 Å². The van der Waals surface area contributed by atoms with Crippen LogP contribution in [0.3, 0.4) is 0 Å². The van der Waals surface area contributed by atoms with Crippen molar-refractivity contribution in [1.29, 1.82) is 0 Å². The zero-order valence-electron chi connectivity index (χ0n) is 12.5. The smallest absolute Gasteiger partial charge is 0.137 e. The number of aromatic nitrogens is 2. The summed E-state index contributed by atoms with van der Waals surface area (Å²) < 4.78 is 1.70. The molecular formula is C16H19Cl2N3O. The van der Waals surface area contributed by atoms with Gasteiger partial charge in [-0.05, 0) is 31.9 Å². The molecule has 22 heavy (non-hydrogen) atoms. The molecule has 1 aromatic heterocycles. The van der Waals surface area contributed by atoms with Gasteiger partial charge < -0.3 is 5.11 Å². The number of hydrogen-bond donors (Lipinski definition) is 1. The molecule has 0 atom stereocenters. The van der Waals surface area contributed by atoms with Crippen molar-refractivity contribution in [3.63, 3.8) is 0 Å². The van der Waals surface area contributed by atoms with E-state index in [0.717, 1.165) is 49.4 Å². The summed E-state index contributed by atoms with van der Waals surface area (Å²) in [5, 5.41) is 15.4. The van der Waals surface area contributed by atoms with Crippen LogP contribution in [0.25, 0.3) is 5.69 Å². The van der Waals surface area contributed by atoms with Crippen LogP contribution in [0.5, 0.6) is 0 Å². The standard InChI is InChI=1S/C16H19Cl2N3O/c1-11-13(10-20-8-6-12(22)7-9-20)16(18)21(19-11)15-5-3-2-4-14(15)17/h2-5,12,22H,6-10H2,1H3. The minimum atomic E-state index is -0.168.